The molecule has 106 valence electrons. The lowest BCUT2D eigenvalue weighted by atomic mass is 10.2. The van der Waals surface area contributed by atoms with Crippen LogP contribution in [0.5, 0.6) is 5.75 Å². The molecule has 0 atom stereocenters. The molecule has 0 aliphatic heterocycles. The second-order valence-corrected chi connectivity index (χ2v) is 5.68. The van der Waals surface area contributed by atoms with Gasteiger partial charge in [-0.25, -0.2) is 4.98 Å². The van der Waals surface area contributed by atoms with E-state index in [1.54, 1.807) is 6.92 Å². The highest BCUT2D eigenvalue weighted by atomic mass is 32.1. The zero-order valence-corrected chi connectivity index (χ0v) is 12.7. The summed E-state index contributed by atoms with van der Waals surface area (Å²) < 4.78 is 5.66. The normalized spacial score (nSPS) is 10.5. The van der Waals surface area contributed by atoms with E-state index in [4.69, 9.17) is 4.74 Å². The van der Waals surface area contributed by atoms with Crippen LogP contribution in [0.3, 0.4) is 0 Å². The van der Waals surface area contributed by atoms with Crippen LogP contribution in [-0.4, -0.2) is 17.4 Å². The lowest BCUT2D eigenvalue weighted by Crippen LogP contribution is -2.01. The molecule has 0 radical (unpaired) electrons. The average molecular weight is 289 g/mol. The van der Waals surface area contributed by atoms with Crippen molar-refractivity contribution in [2.24, 2.45) is 0 Å². The second kappa shape index (κ2) is 7.20. The lowest BCUT2D eigenvalue weighted by Gasteiger charge is -2.03. The molecule has 0 unspecified atom stereocenters. The van der Waals surface area contributed by atoms with Gasteiger partial charge in [-0.3, -0.25) is 4.79 Å². The first-order valence-electron chi connectivity index (χ1n) is 6.88. The Bertz CT molecular complexity index is 563. The number of hydrogen-bond donors (Lipinski definition) is 0. The van der Waals surface area contributed by atoms with Crippen LogP contribution in [0, 0.1) is 0 Å². The van der Waals surface area contributed by atoms with E-state index in [1.807, 2.05) is 30.3 Å². The standard InChI is InChI=1S/C16H19NO2S/c1-3-7-14-16(12(2)18)20-15(17-14)10-11-19-13-8-5-4-6-9-13/h4-6,8-9H,3,7,10-11H2,1-2H3. The summed E-state index contributed by atoms with van der Waals surface area (Å²) >= 11 is 1.50. The summed E-state index contributed by atoms with van der Waals surface area (Å²) in [6.45, 7) is 4.29. The predicted octanol–water partition coefficient (Wildman–Crippen LogP) is 3.92. The van der Waals surface area contributed by atoms with E-state index in [9.17, 15) is 4.79 Å². The van der Waals surface area contributed by atoms with E-state index in [1.165, 1.54) is 11.3 Å². The third-order valence-corrected chi connectivity index (χ3v) is 4.13. The van der Waals surface area contributed by atoms with E-state index in [0.717, 1.165) is 40.6 Å². The smallest absolute Gasteiger partial charge is 0.171 e. The number of rotatable bonds is 7. The number of nitrogens with zero attached hydrogens (tertiary/aromatic N) is 1. The summed E-state index contributed by atoms with van der Waals surface area (Å²) in [4.78, 5) is 17.0. The minimum atomic E-state index is 0.112. The first kappa shape index (κ1) is 14.7. The van der Waals surface area contributed by atoms with E-state index < -0.39 is 0 Å². The van der Waals surface area contributed by atoms with Gasteiger partial charge < -0.3 is 4.74 Å². The molecule has 3 nitrogen and oxygen atoms in total. The maximum atomic E-state index is 11.6. The van der Waals surface area contributed by atoms with E-state index in [0.29, 0.717) is 6.61 Å². The number of hydrogen-bond acceptors (Lipinski definition) is 4. The first-order valence-corrected chi connectivity index (χ1v) is 7.69. The van der Waals surface area contributed by atoms with Crippen molar-refractivity contribution in [1.29, 1.82) is 0 Å². The number of aromatic nitrogens is 1. The van der Waals surface area contributed by atoms with Crippen molar-refractivity contribution >= 4 is 17.1 Å². The minimum absolute atomic E-state index is 0.112. The number of aryl methyl sites for hydroxylation is 1. The van der Waals surface area contributed by atoms with Crippen LogP contribution < -0.4 is 4.74 Å². The highest BCUT2D eigenvalue weighted by molar-refractivity contribution is 7.13. The summed E-state index contributed by atoms with van der Waals surface area (Å²) in [7, 11) is 0. The summed E-state index contributed by atoms with van der Waals surface area (Å²) in [6, 6.07) is 9.73. The van der Waals surface area contributed by atoms with Gasteiger partial charge in [-0.15, -0.1) is 11.3 Å². The maximum Gasteiger partial charge on any atom is 0.171 e. The van der Waals surface area contributed by atoms with Crippen molar-refractivity contribution in [3.8, 4) is 5.75 Å². The van der Waals surface area contributed by atoms with Crippen molar-refractivity contribution < 1.29 is 9.53 Å². The topological polar surface area (TPSA) is 39.2 Å². The third-order valence-electron chi connectivity index (χ3n) is 2.88. The molecule has 0 bridgehead atoms. The number of ether oxygens (including phenoxy) is 1. The van der Waals surface area contributed by atoms with Gasteiger partial charge in [0, 0.05) is 13.3 Å². The van der Waals surface area contributed by atoms with Gasteiger partial charge in [-0.05, 0) is 18.6 Å². The molecule has 1 aromatic heterocycles. The Labute approximate surface area is 123 Å². The largest absolute Gasteiger partial charge is 0.493 e. The van der Waals surface area contributed by atoms with Crippen LogP contribution in [0.15, 0.2) is 30.3 Å². The van der Waals surface area contributed by atoms with Gasteiger partial charge in [-0.1, -0.05) is 31.5 Å². The highest BCUT2D eigenvalue weighted by Crippen LogP contribution is 2.21. The Morgan fingerprint density at radius 3 is 2.65 bits per heavy atom. The molecule has 2 rings (SSSR count). The van der Waals surface area contributed by atoms with Gasteiger partial charge in [0.15, 0.2) is 5.78 Å². The minimum Gasteiger partial charge on any atom is -0.493 e. The van der Waals surface area contributed by atoms with Crippen molar-refractivity contribution in [1.82, 2.24) is 4.98 Å². The lowest BCUT2D eigenvalue weighted by molar-refractivity contribution is 0.102. The van der Waals surface area contributed by atoms with Gasteiger partial charge >= 0.3 is 0 Å². The SMILES string of the molecule is CCCc1nc(CCOc2ccccc2)sc1C(C)=O. The van der Waals surface area contributed by atoms with Gasteiger partial charge in [-0.2, -0.15) is 0 Å². The van der Waals surface area contributed by atoms with Gasteiger partial charge in [0.2, 0.25) is 0 Å². The number of carbonyl (C=O) groups is 1. The Morgan fingerprint density at radius 1 is 1.25 bits per heavy atom. The summed E-state index contributed by atoms with van der Waals surface area (Å²) in [5.74, 6) is 0.978. The van der Waals surface area contributed by atoms with Crippen molar-refractivity contribution in [2.75, 3.05) is 6.61 Å². The predicted molar refractivity (Wildman–Crippen MR) is 81.8 cm³/mol. The Balaban J connectivity index is 1.96. The van der Waals surface area contributed by atoms with Crippen molar-refractivity contribution in [2.45, 2.75) is 33.1 Å². The molecule has 20 heavy (non-hydrogen) atoms. The zero-order chi connectivity index (χ0) is 14.4. The average Bonchev–Trinajstić information content (AvgIpc) is 2.84. The maximum absolute atomic E-state index is 11.6. The molecule has 0 spiro atoms. The van der Waals surface area contributed by atoms with Gasteiger partial charge in [0.25, 0.3) is 0 Å². The number of thiazole rings is 1. The van der Waals surface area contributed by atoms with Crippen LogP contribution >= 0.6 is 11.3 Å². The monoisotopic (exact) mass is 289 g/mol. The van der Waals surface area contributed by atoms with Crippen LogP contribution in [0.4, 0.5) is 0 Å². The number of ketones is 1. The molecule has 0 N–H and O–H groups in total. The van der Waals surface area contributed by atoms with E-state index in [2.05, 4.69) is 11.9 Å². The quantitative estimate of drug-likeness (QED) is 0.725. The second-order valence-electron chi connectivity index (χ2n) is 4.60. The van der Waals surface area contributed by atoms with Crippen LogP contribution in [0.25, 0.3) is 0 Å². The molecular weight excluding hydrogens is 270 g/mol. The molecule has 0 aliphatic rings. The zero-order valence-electron chi connectivity index (χ0n) is 11.9. The molecule has 2 aromatic rings. The Morgan fingerprint density at radius 2 is 2.00 bits per heavy atom. The molecule has 0 saturated carbocycles. The molecule has 0 saturated heterocycles. The summed E-state index contributed by atoms with van der Waals surface area (Å²) in [5.41, 5.74) is 0.944. The fourth-order valence-corrected chi connectivity index (χ4v) is 2.95. The molecule has 1 heterocycles. The highest BCUT2D eigenvalue weighted by Gasteiger charge is 2.14. The van der Waals surface area contributed by atoms with Crippen LogP contribution in [-0.2, 0) is 12.8 Å². The molecule has 0 fully saturated rings. The first-order chi connectivity index (χ1) is 9.70. The number of para-hydroxylation sites is 1. The van der Waals surface area contributed by atoms with Gasteiger partial charge in [0.1, 0.15) is 5.75 Å². The van der Waals surface area contributed by atoms with E-state index in [-0.39, 0.29) is 5.78 Å². The van der Waals surface area contributed by atoms with Crippen molar-refractivity contribution in [3.63, 3.8) is 0 Å². The van der Waals surface area contributed by atoms with Crippen LogP contribution in [0.1, 0.15) is 40.6 Å². The number of benzene rings is 1. The Kier molecular flexibility index (Phi) is 5.30. The molecule has 1 aromatic carbocycles. The Hall–Kier alpha value is -1.68. The molecular formula is C16H19NO2S. The number of carbonyl (C=O) groups excluding carboxylic acids is 1. The summed E-state index contributed by atoms with van der Waals surface area (Å²) in [6.07, 6.45) is 2.61. The number of Topliss-reactive ketones (excluding diaryl/α,β-unsaturated/α-hetero) is 1. The summed E-state index contributed by atoms with van der Waals surface area (Å²) in [5, 5.41) is 0.981. The fraction of sp³-hybridized carbons (Fsp3) is 0.375. The van der Waals surface area contributed by atoms with E-state index >= 15 is 0 Å². The third kappa shape index (κ3) is 3.90. The van der Waals surface area contributed by atoms with Crippen molar-refractivity contribution in [3.05, 3.63) is 45.9 Å². The molecule has 0 aliphatic carbocycles. The molecule has 4 heteroatoms. The fourth-order valence-electron chi connectivity index (χ4n) is 1.96. The van der Waals surface area contributed by atoms with Gasteiger partial charge in [0.05, 0.1) is 22.2 Å². The molecule has 0 amide bonds. The van der Waals surface area contributed by atoms with Crippen LogP contribution in [0.2, 0.25) is 0 Å².